The van der Waals surface area contributed by atoms with Gasteiger partial charge < -0.3 is 4.74 Å². The minimum Gasteiger partial charge on any atom is -0.460 e. The average Bonchev–Trinajstić information content (AvgIpc) is 3.02. The molecule has 3 fully saturated rings. The standard InChI is InChI=1S/C18H26O2/c1-17(2,3)20-16(19)18(4)9-12-8-13(18)15-11-6-5-10(7-11)14(12)15/h5-6,10-15H,7-9H2,1-4H3. The van der Waals surface area contributed by atoms with Crippen LogP contribution in [0.5, 0.6) is 0 Å². The van der Waals surface area contributed by atoms with E-state index in [0.29, 0.717) is 5.92 Å². The average molecular weight is 274 g/mol. The van der Waals surface area contributed by atoms with Gasteiger partial charge >= 0.3 is 5.97 Å². The van der Waals surface area contributed by atoms with Gasteiger partial charge in [-0.1, -0.05) is 12.2 Å². The Morgan fingerprint density at radius 3 is 2.45 bits per heavy atom. The lowest BCUT2D eigenvalue weighted by atomic mass is 9.63. The first-order chi connectivity index (χ1) is 9.29. The van der Waals surface area contributed by atoms with E-state index in [9.17, 15) is 4.79 Å². The molecule has 0 aromatic carbocycles. The molecule has 4 rings (SSSR count). The Balaban J connectivity index is 1.61. The molecule has 0 radical (unpaired) electrons. The number of allylic oxidation sites excluding steroid dienone is 2. The Kier molecular flexibility index (Phi) is 2.39. The van der Waals surface area contributed by atoms with E-state index in [2.05, 4.69) is 19.1 Å². The highest BCUT2D eigenvalue weighted by Gasteiger charge is 2.67. The number of ether oxygens (including phenoxy) is 1. The second kappa shape index (κ2) is 3.69. The normalized spacial score (nSPS) is 51.6. The van der Waals surface area contributed by atoms with E-state index < -0.39 is 0 Å². The third-order valence-corrected chi connectivity index (χ3v) is 6.52. The number of hydrogen-bond donors (Lipinski definition) is 0. The summed E-state index contributed by atoms with van der Waals surface area (Å²) in [5.41, 5.74) is -0.590. The van der Waals surface area contributed by atoms with Crippen molar-refractivity contribution in [2.45, 2.75) is 52.6 Å². The largest absolute Gasteiger partial charge is 0.460 e. The van der Waals surface area contributed by atoms with Gasteiger partial charge in [-0.15, -0.1) is 0 Å². The maximum atomic E-state index is 12.7. The van der Waals surface area contributed by atoms with Crippen LogP contribution in [0.3, 0.4) is 0 Å². The maximum Gasteiger partial charge on any atom is 0.312 e. The SMILES string of the molecule is CC(C)(C)OC(=O)C1(C)CC2CC1C1C3C=CC(C3)C21. The predicted molar refractivity (Wildman–Crippen MR) is 77.9 cm³/mol. The van der Waals surface area contributed by atoms with Gasteiger partial charge in [0.2, 0.25) is 0 Å². The van der Waals surface area contributed by atoms with Gasteiger partial charge in [0.15, 0.2) is 0 Å². The van der Waals surface area contributed by atoms with E-state index in [4.69, 9.17) is 4.74 Å². The van der Waals surface area contributed by atoms with Gasteiger partial charge in [0.25, 0.3) is 0 Å². The second-order valence-electron chi connectivity index (χ2n) is 8.83. The van der Waals surface area contributed by atoms with Crippen molar-refractivity contribution in [2.75, 3.05) is 0 Å². The molecule has 3 saturated carbocycles. The zero-order valence-corrected chi connectivity index (χ0v) is 13.1. The van der Waals surface area contributed by atoms with Crippen molar-refractivity contribution in [2.24, 2.45) is 40.9 Å². The van der Waals surface area contributed by atoms with Crippen LogP contribution in [0.1, 0.15) is 47.0 Å². The Morgan fingerprint density at radius 1 is 1.15 bits per heavy atom. The number of carbonyl (C=O) groups is 1. The Labute approximate surface area is 122 Å². The molecule has 0 saturated heterocycles. The van der Waals surface area contributed by atoms with E-state index in [1.165, 1.54) is 12.8 Å². The van der Waals surface area contributed by atoms with Gasteiger partial charge in [0.05, 0.1) is 5.41 Å². The Morgan fingerprint density at radius 2 is 1.80 bits per heavy atom. The Hall–Kier alpha value is -0.790. The smallest absolute Gasteiger partial charge is 0.312 e. The summed E-state index contributed by atoms with van der Waals surface area (Å²) in [6.07, 6.45) is 8.57. The maximum absolute atomic E-state index is 12.7. The quantitative estimate of drug-likeness (QED) is 0.413. The van der Waals surface area contributed by atoms with Crippen LogP contribution in [0.25, 0.3) is 0 Å². The van der Waals surface area contributed by atoms with E-state index >= 15 is 0 Å². The summed E-state index contributed by atoms with van der Waals surface area (Å²) < 4.78 is 5.75. The summed E-state index contributed by atoms with van der Waals surface area (Å²) >= 11 is 0. The van der Waals surface area contributed by atoms with Crippen LogP contribution in [-0.4, -0.2) is 11.6 Å². The molecule has 0 amide bonds. The second-order valence-corrected chi connectivity index (χ2v) is 8.83. The molecule has 2 heteroatoms. The topological polar surface area (TPSA) is 26.3 Å². The fourth-order valence-electron chi connectivity index (χ4n) is 6.00. The molecule has 2 nitrogen and oxygen atoms in total. The summed E-state index contributed by atoms with van der Waals surface area (Å²) in [6.45, 7) is 8.11. The highest BCUT2D eigenvalue weighted by molar-refractivity contribution is 5.78. The lowest BCUT2D eigenvalue weighted by Crippen LogP contribution is -2.45. The number of carbonyl (C=O) groups excluding carboxylic acids is 1. The van der Waals surface area contributed by atoms with E-state index in [0.717, 1.165) is 36.0 Å². The fourth-order valence-corrected chi connectivity index (χ4v) is 6.00. The van der Waals surface area contributed by atoms with Crippen LogP contribution in [0.2, 0.25) is 0 Å². The molecule has 0 aromatic heterocycles. The van der Waals surface area contributed by atoms with E-state index in [-0.39, 0.29) is 17.0 Å². The lowest BCUT2D eigenvalue weighted by molar-refractivity contribution is -0.172. The summed E-state index contributed by atoms with van der Waals surface area (Å²) in [6, 6.07) is 0. The molecular formula is C18H26O2. The molecule has 4 aliphatic carbocycles. The van der Waals surface area contributed by atoms with Crippen LogP contribution < -0.4 is 0 Å². The molecule has 4 bridgehead atoms. The van der Waals surface area contributed by atoms with Gasteiger partial charge in [-0.05, 0) is 82.5 Å². The van der Waals surface area contributed by atoms with Crippen molar-refractivity contribution in [3.05, 3.63) is 12.2 Å². The summed E-state index contributed by atoms with van der Waals surface area (Å²) in [7, 11) is 0. The molecule has 4 aliphatic rings. The van der Waals surface area contributed by atoms with Crippen molar-refractivity contribution in [3.63, 3.8) is 0 Å². The van der Waals surface area contributed by atoms with Crippen LogP contribution in [0.4, 0.5) is 0 Å². The minimum atomic E-state index is -0.365. The van der Waals surface area contributed by atoms with Crippen LogP contribution in [0.15, 0.2) is 12.2 Å². The minimum absolute atomic E-state index is 0.0581. The molecule has 0 spiro atoms. The number of fused-ring (bicyclic) bond motifs is 9. The summed E-state index contributed by atoms with van der Waals surface area (Å²) in [5, 5.41) is 0. The Bertz CT molecular complexity index is 486. The first-order valence-electron chi connectivity index (χ1n) is 8.21. The monoisotopic (exact) mass is 274 g/mol. The van der Waals surface area contributed by atoms with Gasteiger partial charge in [-0.2, -0.15) is 0 Å². The van der Waals surface area contributed by atoms with Gasteiger partial charge in [0, 0.05) is 0 Å². The van der Waals surface area contributed by atoms with Crippen LogP contribution in [0, 0.1) is 40.9 Å². The highest BCUT2D eigenvalue weighted by atomic mass is 16.6. The number of esters is 1. The van der Waals surface area contributed by atoms with Crippen molar-refractivity contribution < 1.29 is 9.53 Å². The molecule has 0 N–H and O–H groups in total. The molecule has 7 unspecified atom stereocenters. The third-order valence-electron chi connectivity index (χ3n) is 6.52. The fraction of sp³-hybridized carbons (Fsp3) is 0.833. The molecule has 0 aromatic rings. The van der Waals surface area contributed by atoms with Gasteiger partial charge in [-0.3, -0.25) is 4.79 Å². The van der Waals surface area contributed by atoms with Crippen molar-refractivity contribution >= 4 is 5.97 Å². The van der Waals surface area contributed by atoms with Crippen molar-refractivity contribution in [1.29, 1.82) is 0 Å². The predicted octanol–water partition coefficient (Wildman–Crippen LogP) is 3.81. The molecule has 0 heterocycles. The molecule has 0 aliphatic heterocycles. The summed E-state index contributed by atoms with van der Waals surface area (Å²) in [5.74, 6) is 4.61. The molecule has 20 heavy (non-hydrogen) atoms. The number of rotatable bonds is 1. The van der Waals surface area contributed by atoms with E-state index in [1.807, 2.05) is 20.8 Å². The van der Waals surface area contributed by atoms with Crippen molar-refractivity contribution in [1.82, 2.24) is 0 Å². The molecular weight excluding hydrogens is 248 g/mol. The number of hydrogen-bond acceptors (Lipinski definition) is 2. The first-order valence-corrected chi connectivity index (χ1v) is 8.21. The summed E-state index contributed by atoms with van der Waals surface area (Å²) in [4.78, 5) is 12.7. The highest BCUT2D eigenvalue weighted by Crippen LogP contribution is 2.70. The van der Waals surface area contributed by atoms with Crippen LogP contribution >= 0.6 is 0 Å². The molecule has 7 atom stereocenters. The zero-order chi connectivity index (χ0) is 14.3. The van der Waals surface area contributed by atoms with Gasteiger partial charge in [-0.25, -0.2) is 0 Å². The van der Waals surface area contributed by atoms with Crippen molar-refractivity contribution in [3.8, 4) is 0 Å². The third kappa shape index (κ3) is 1.54. The van der Waals surface area contributed by atoms with Gasteiger partial charge in [0.1, 0.15) is 5.60 Å². The zero-order valence-electron chi connectivity index (χ0n) is 13.1. The van der Waals surface area contributed by atoms with Crippen LogP contribution in [-0.2, 0) is 9.53 Å². The first kappa shape index (κ1) is 12.9. The lowest BCUT2D eigenvalue weighted by Gasteiger charge is -2.42. The van der Waals surface area contributed by atoms with E-state index in [1.54, 1.807) is 0 Å². The molecule has 110 valence electrons.